The van der Waals surface area contributed by atoms with Gasteiger partial charge in [-0.15, -0.1) is 0 Å². The Morgan fingerprint density at radius 2 is 2.19 bits per heavy atom. The van der Waals surface area contributed by atoms with Gasteiger partial charge in [-0.05, 0) is 47.0 Å². The molecule has 0 radical (unpaired) electrons. The van der Waals surface area contributed by atoms with E-state index in [4.69, 9.17) is 5.53 Å². The molecule has 3 aromatic rings. The normalized spacial score (nSPS) is 10.1. The fourth-order valence-corrected chi connectivity index (χ4v) is 1.96. The van der Waals surface area contributed by atoms with Crippen LogP contribution in [0, 0.1) is 0 Å². The lowest BCUT2D eigenvalue weighted by Crippen LogP contribution is -2.11. The number of H-pyrrole nitrogens is 1. The van der Waals surface area contributed by atoms with Gasteiger partial charge in [0.2, 0.25) is 0 Å². The summed E-state index contributed by atoms with van der Waals surface area (Å²) in [4.78, 5) is 21.7. The number of carbonyl (C=O) groups excluding carboxylic acids is 1. The number of pyridine rings is 1. The molecule has 7 heteroatoms. The van der Waals surface area contributed by atoms with Crippen LogP contribution in [-0.4, -0.2) is 15.9 Å². The number of fused-ring (bicyclic) bond motifs is 1. The highest BCUT2D eigenvalue weighted by atomic mass is 16.1. The number of anilines is 1. The quantitative estimate of drug-likeness (QED) is 0.432. The van der Waals surface area contributed by atoms with E-state index in [1.54, 1.807) is 6.07 Å². The highest BCUT2D eigenvalue weighted by Gasteiger charge is 2.07. The Hall–Kier alpha value is -3.31. The number of aromatic amines is 1. The third-order valence-corrected chi connectivity index (χ3v) is 2.97. The summed E-state index contributed by atoms with van der Waals surface area (Å²) in [7, 11) is 0. The van der Waals surface area contributed by atoms with E-state index < -0.39 is 0 Å². The zero-order chi connectivity index (χ0) is 14.7. The fourth-order valence-electron chi connectivity index (χ4n) is 1.96. The second kappa shape index (κ2) is 5.36. The maximum atomic E-state index is 12.1. The minimum atomic E-state index is -0.273. The number of amides is 1. The molecule has 2 aromatic heterocycles. The first-order valence-electron chi connectivity index (χ1n) is 6.16. The van der Waals surface area contributed by atoms with Crippen molar-refractivity contribution >= 4 is 28.3 Å². The maximum Gasteiger partial charge on any atom is 0.257 e. The van der Waals surface area contributed by atoms with Gasteiger partial charge in [0.1, 0.15) is 5.82 Å². The molecule has 0 spiro atoms. The molecule has 0 bridgehead atoms. The smallest absolute Gasteiger partial charge is 0.257 e. The van der Waals surface area contributed by atoms with Crippen LogP contribution in [0.4, 0.5) is 11.5 Å². The average molecular weight is 278 g/mol. The van der Waals surface area contributed by atoms with Crippen molar-refractivity contribution in [2.75, 3.05) is 5.32 Å². The first kappa shape index (κ1) is 12.7. The van der Waals surface area contributed by atoms with Crippen LogP contribution in [0.15, 0.2) is 53.9 Å². The second-order valence-electron chi connectivity index (χ2n) is 4.33. The molecule has 0 fully saturated rings. The number of aromatic nitrogens is 2. The van der Waals surface area contributed by atoms with Crippen LogP contribution < -0.4 is 5.32 Å². The van der Waals surface area contributed by atoms with E-state index in [2.05, 4.69) is 25.3 Å². The minimum absolute atomic E-state index is 0.225. The van der Waals surface area contributed by atoms with Crippen LogP contribution in [0.2, 0.25) is 0 Å². The van der Waals surface area contributed by atoms with E-state index in [0.29, 0.717) is 11.3 Å². The van der Waals surface area contributed by atoms with Crippen molar-refractivity contribution in [3.8, 4) is 0 Å². The average Bonchev–Trinajstić information content (AvgIpc) is 2.96. The Morgan fingerprint density at radius 1 is 1.29 bits per heavy atom. The van der Waals surface area contributed by atoms with Gasteiger partial charge < -0.3 is 10.3 Å². The molecule has 0 atom stereocenters. The number of nitrogens with zero attached hydrogens (tertiary/aromatic N) is 4. The standard InChI is InChI=1S/C14H10N6O/c15-20-19-13-4-1-10(8-17-13)14(21)18-11-2-3-12-9(7-11)5-6-16-12/h1-8,16H,(H,18,21). The van der Waals surface area contributed by atoms with E-state index in [1.807, 2.05) is 30.5 Å². The maximum absolute atomic E-state index is 12.1. The molecule has 0 aliphatic heterocycles. The molecule has 3 rings (SSSR count). The van der Waals surface area contributed by atoms with Gasteiger partial charge in [-0.1, -0.05) is 0 Å². The van der Waals surface area contributed by atoms with E-state index in [9.17, 15) is 4.79 Å². The molecule has 0 saturated carbocycles. The van der Waals surface area contributed by atoms with Crippen LogP contribution in [-0.2, 0) is 0 Å². The molecule has 2 heterocycles. The van der Waals surface area contributed by atoms with Gasteiger partial charge in [0.25, 0.3) is 5.91 Å². The molecule has 102 valence electrons. The van der Waals surface area contributed by atoms with Crippen molar-refractivity contribution in [2.45, 2.75) is 0 Å². The van der Waals surface area contributed by atoms with Crippen molar-refractivity contribution in [2.24, 2.45) is 5.11 Å². The van der Waals surface area contributed by atoms with Gasteiger partial charge in [-0.25, -0.2) is 0 Å². The fraction of sp³-hybridized carbons (Fsp3) is 0. The number of hydrogen-bond acceptors (Lipinski definition) is 3. The lowest BCUT2D eigenvalue weighted by Gasteiger charge is -2.05. The zero-order valence-electron chi connectivity index (χ0n) is 10.8. The van der Waals surface area contributed by atoms with Crippen LogP contribution in [0.3, 0.4) is 0 Å². The lowest BCUT2D eigenvalue weighted by atomic mass is 10.2. The van der Waals surface area contributed by atoms with Gasteiger partial charge in [-0.3, -0.25) is 9.78 Å². The van der Waals surface area contributed by atoms with Crippen LogP contribution in [0.5, 0.6) is 0 Å². The third-order valence-electron chi connectivity index (χ3n) is 2.97. The number of azide groups is 1. The zero-order valence-corrected chi connectivity index (χ0v) is 10.8. The van der Waals surface area contributed by atoms with Crippen molar-refractivity contribution in [3.05, 3.63) is 64.8 Å². The van der Waals surface area contributed by atoms with E-state index >= 15 is 0 Å². The number of carbonyl (C=O) groups is 1. The van der Waals surface area contributed by atoms with Crippen LogP contribution in [0.25, 0.3) is 21.3 Å². The number of rotatable bonds is 3. The molecule has 7 nitrogen and oxygen atoms in total. The summed E-state index contributed by atoms with van der Waals surface area (Å²) in [5, 5.41) is 7.17. The van der Waals surface area contributed by atoms with Crippen molar-refractivity contribution in [3.63, 3.8) is 0 Å². The lowest BCUT2D eigenvalue weighted by molar-refractivity contribution is 0.102. The molecule has 1 aromatic carbocycles. The number of benzene rings is 1. The predicted octanol–water partition coefficient (Wildman–Crippen LogP) is 3.76. The first-order chi connectivity index (χ1) is 10.3. The molecule has 1 amide bonds. The first-order valence-corrected chi connectivity index (χ1v) is 6.16. The summed E-state index contributed by atoms with van der Waals surface area (Å²) >= 11 is 0. The van der Waals surface area contributed by atoms with Gasteiger partial charge >= 0.3 is 0 Å². The summed E-state index contributed by atoms with van der Waals surface area (Å²) in [6.07, 6.45) is 3.21. The van der Waals surface area contributed by atoms with Crippen LogP contribution >= 0.6 is 0 Å². The van der Waals surface area contributed by atoms with Gasteiger partial charge in [0, 0.05) is 33.9 Å². The van der Waals surface area contributed by atoms with Gasteiger partial charge in [0.05, 0.1) is 5.56 Å². The highest BCUT2D eigenvalue weighted by Crippen LogP contribution is 2.18. The minimum Gasteiger partial charge on any atom is -0.361 e. The van der Waals surface area contributed by atoms with Gasteiger partial charge in [-0.2, -0.15) is 0 Å². The SMILES string of the molecule is [N-]=[N+]=Nc1ccc(C(=O)Nc2ccc3[nH]ccc3c2)cn1. The molecule has 0 saturated heterocycles. The molecule has 21 heavy (non-hydrogen) atoms. The molecule has 0 aliphatic carbocycles. The Bertz CT molecular complexity index is 845. The summed E-state index contributed by atoms with van der Waals surface area (Å²) in [6, 6.07) is 10.6. The van der Waals surface area contributed by atoms with Crippen molar-refractivity contribution in [1.29, 1.82) is 0 Å². The van der Waals surface area contributed by atoms with Crippen molar-refractivity contribution < 1.29 is 4.79 Å². The third kappa shape index (κ3) is 2.68. The molecule has 2 N–H and O–H groups in total. The monoisotopic (exact) mass is 278 g/mol. The predicted molar refractivity (Wildman–Crippen MR) is 79.3 cm³/mol. The van der Waals surface area contributed by atoms with Crippen LogP contribution in [0.1, 0.15) is 10.4 Å². The molecular weight excluding hydrogens is 268 g/mol. The number of nitrogens with one attached hydrogen (secondary N) is 2. The summed E-state index contributed by atoms with van der Waals surface area (Å²) < 4.78 is 0. The van der Waals surface area contributed by atoms with Gasteiger partial charge in [0.15, 0.2) is 0 Å². The van der Waals surface area contributed by atoms with E-state index in [-0.39, 0.29) is 11.7 Å². The Kier molecular flexibility index (Phi) is 3.24. The summed E-state index contributed by atoms with van der Waals surface area (Å²) in [5.74, 6) is -0.0485. The Labute approximate surface area is 119 Å². The van der Waals surface area contributed by atoms with E-state index in [0.717, 1.165) is 10.9 Å². The largest absolute Gasteiger partial charge is 0.361 e. The molecule has 0 aliphatic rings. The summed E-state index contributed by atoms with van der Waals surface area (Å²) in [6.45, 7) is 0. The summed E-state index contributed by atoms with van der Waals surface area (Å²) in [5.41, 5.74) is 10.4. The Morgan fingerprint density at radius 3 is 2.95 bits per heavy atom. The molecular formula is C14H10N6O. The highest BCUT2D eigenvalue weighted by molar-refractivity contribution is 6.05. The Balaban J connectivity index is 1.80. The second-order valence-corrected chi connectivity index (χ2v) is 4.33. The number of hydrogen-bond donors (Lipinski definition) is 2. The van der Waals surface area contributed by atoms with E-state index in [1.165, 1.54) is 12.3 Å². The molecule has 0 unspecified atom stereocenters. The topological polar surface area (TPSA) is 107 Å². The van der Waals surface area contributed by atoms with Crippen molar-refractivity contribution in [1.82, 2.24) is 9.97 Å².